The van der Waals surface area contributed by atoms with Gasteiger partial charge in [0.05, 0.1) is 6.42 Å². The third-order valence-electron chi connectivity index (χ3n) is 2.83. The fraction of sp³-hybridized carbons (Fsp3) is 0.429. The molecule has 1 rings (SSSR count). The van der Waals surface area contributed by atoms with Crippen molar-refractivity contribution in [2.24, 2.45) is 0 Å². The molecule has 0 bridgehead atoms. The maximum atomic E-state index is 11.8. The van der Waals surface area contributed by atoms with Crippen LogP contribution in [0.15, 0.2) is 18.2 Å². The minimum atomic E-state index is -1.01. The predicted octanol–water partition coefficient (Wildman–Crippen LogP) is 2.56. The summed E-state index contributed by atoms with van der Waals surface area (Å²) in [5, 5.41) is 12.0. The van der Waals surface area contributed by atoms with Crippen LogP contribution < -0.4 is 5.32 Å². The summed E-state index contributed by atoms with van der Waals surface area (Å²) in [5.41, 5.74) is 1.61. The molecule has 1 unspecified atom stereocenters. The highest BCUT2D eigenvalue weighted by Gasteiger charge is 2.19. The topological polar surface area (TPSA) is 66.4 Å². The number of amides is 1. The Morgan fingerprint density at radius 3 is 2.68 bits per heavy atom. The van der Waals surface area contributed by atoms with E-state index >= 15 is 0 Å². The van der Waals surface area contributed by atoms with Gasteiger partial charge < -0.3 is 10.4 Å². The van der Waals surface area contributed by atoms with Gasteiger partial charge in [-0.1, -0.05) is 43.1 Å². The zero-order valence-electron chi connectivity index (χ0n) is 11.1. The number of halogens is 1. The molecule has 2 N–H and O–H groups in total. The first-order chi connectivity index (χ1) is 8.95. The highest BCUT2D eigenvalue weighted by molar-refractivity contribution is 6.32. The van der Waals surface area contributed by atoms with E-state index in [-0.39, 0.29) is 12.3 Å². The van der Waals surface area contributed by atoms with E-state index < -0.39 is 12.0 Å². The van der Waals surface area contributed by atoms with Gasteiger partial charge in [-0.25, -0.2) is 4.79 Å². The van der Waals surface area contributed by atoms with E-state index in [2.05, 4.69) is 5.32 Å². The van der Waals surface area contributed by atoms with E-state index in [9.17, 15) is 9.59 Å². The summed E-state index contributed by atoms with van der Waals surface area (Å²) in [7, 11) is 0. The number of carboxylic acid groups (broad SMARTS) is 1. The van der Waals surface area contributed by atoms with E-state index in [1.807, 2.05) is 26.0 Å². The molecule has 104 valence electrons. The van der Waals surface area contributed by atoms with Crippen LogP contribution in [0.3, 0.4) is 0 Å². The van der Waals surface area contributed by atoms with Gasteiger partial charge in [0, 0.05) is 5.02 Å². The lowest BCUT2D eigenvalue weighted by molar-refractivity contribution is -0.141. The van der Waals surface area contributed by atoms with Crippen molar-refractivity contribution in [3.8, 4) is 0 Å². The lowest BCUT2D eigenvalue weighted by atomic mass is 10.1. The maximum absolute atomic E-state index is 11.8. The second kappa shape index (κ2) is 7.14. The van der Waals surface area contributed by atoms with Crippen molar-refractivity contribution in [1.29, 1.82) is 0 Å². The van der Waals surface area contributed by atoms with Gasteiger partial charge in [0.25, 0.3) is 0 Å². The molecule has 1 amide bonds. The molecule has 5 heteroatoms. The molecule has 0 spiro atoms. The van der Waals surface area contributed by atoms with Crippen molar-refractivity contribution in [1.82, 2.24) is 5.32 Å². The number of benzene rings is 1. The van der Waals surface area contributed by atoms with Gasteiger partial charge in [0.1, 0.15) is 6.04 Å². The van der Waals surface area contributed by atoms with Crippen molar-refractivity contribution >= 4 is 23.5 Å². The highest BCUT2D eigenvalue weighted by atomic mass is 35.5. The van der Waals surface area contributed by atoms with Gasteiger partial charge in [0.15, 0.2) is 0 Å². The lowest BCUT2D eigenvalue weighted by Gasteiger charge is -2.14. The van der Waals surface area contributed by atoms with E-state index in [4.69, 9.17) is 16.7 Å². The van der Waals surface area contributed by atoms with Crippen LogP contribution in [0.2, 0.25) is 5.02 Å². The van der Waals surface area contributed by atoms with Gasteiger partial charge in [-0.3, -0.25) is 4.79 Å². The number of carbonyl (C=O) groups excluding carboxylic acids is 1. The molecule has 0 aliphatic rings. The Bertz CT molecular complexity index is 474. The zero-order valence-corrected chi connectivity index (χ0v) is 11.8. The van der Waals surface area contributed by atoms with Gasteiger partial charge in [-0.15, -0.1) is 0 Å². The number of carbonyl (C=O) groups is 2. The number of rotatable bonds is 6. The molecule has 1 aromatic rings. The molecule has 19 heavy (non-hydrogen) atoms. The quantitative estimate of drug-likeness (QED) is 0.843. The maximum Gasteiger partial charge on any atom is 0.326 e. The Morgan fingerprint density at radius 1 is 1.42 bits per heavy atom. The standard InChI is InChI=1S/C14H18ClNO3/c1-3-5-11(14(18)19)16-12(17)8-10-7-4-6-9(2)13(10)15/h4,6-7,11H,3,5,8H2,1-2H3,(H,16,17)(H,18,19). The molecule has 4 nitrogen and oxygen atoms in total. The molecule has 0 saturated heterocycles. The molecule has 1 atom stereocenters. The minimum absolute atomic E-state index is 0.0913. The first-order valence-electron chi connectivity index (χ1n) is 6.21. The molecule has 0 aliphatic heterocycles. The molecule has 0 saturated carbocycles. The van der Waals surface area contributed by atoms with E-state index in [0.717, 1.165) is 5.56 Å². The molecule has 0 heterocycles. The van der Waals surface area contributed by atoms with Gasteiger partial charge in [-0.2, -0.15) is 0 Å². The molecule has 0 aliphatic carbocycles. The fourth-order valence-electron chi connectivity index (χ4n) is 1.81. The Morgan fingerprint density at radius 2 is 2.11 bits per heavy atom. The summed E-state index contributed by atoms with van der Waals surface area (Å²) in [5.74, 6) is -1.33. The lowest BCUT2D eigenvalue weighted by Crippen LogP contribution is -2.41. The Hall–Kier alpha value is -1.55. The van der Waals surface area contributed by atoms with Crippen LogP contribution in [0, 0.1) is 6.92 Å². The van der Waals surface area contributed by atoms with Crippen LogP contribution in [-0.4, -0.2) is 23.0 Å². The third-order valence-corrected chi connectivity index (χ3v) is 3.37. The SMILES string of the molecule is CCCC(NC(=O)Cc1cccc(C)c1Cl)C(=O)O. The van der Waals surface area contributed by atoms with Crippen LogP contribution >= 0.6 is 11.6 Å². The van der Waals surface area contributed by atoms with Crippen LogP contribution in [0.1, 0.15) is 30.9 Å². The highest BCUT2D eigenvalue weighted by Crippen LogP contribution is 2.20. The fourth-order valence-corrected chi connectivity index (χ4v) is 2.00. The first-order valence-corrected chi connectivity index (χ1v) is 6.59. The smallest absolute Gasteiger partial charge is 0.326 e. The Kier molecular flexibility index (Phi) is 5.83. The molecular formula is C14H18ClNO3. The molecule has 0 aromatic heterocycles. The summed E-state index contributed by atoms with van der Waals surface area (Å²) in [4.78, 5) is 22.8. The first kappa shape index (κ1) is 15.5. The normalized spacial score (nSPS) is 11.9. The van der Waals surface area contributed by atoms with Crippen LogP contribution in [0.5, 0.6) is 0 Å². The van der Waals surface area contributed by atoms with Crippen molar-refractivity contribution in [3.05, 3.63) is 34.3 Å². The molecule has 0 fully saturated rings. The summed E-state index contributed by atoms with van der Waals surface area (Å²) in [6.45, 7) is 3.74. The molecule has 1 aromatic carbocycles. The monoisotopic (exact) mass is 283 g/mol. The summed E-state index contributed by atoms with van der Waals surface area (Å²) >= 11 is 6.10. The summed E-state index contributed by atoms with van der Waals surface area (Å²) in [6.07, 6.45) is 1.21. The van der Waals surface area contributed by atoms with Crippen LogP contribution in [0.4, 0.5) is 0 Å². The number of carboxylic acids is 1. The average Bonchev–Trinajstić information content (AvgIpc) is 2.34. The average molecular weight is 284 g/mol. The second-order valence-corrected chi connectivity index (χ2v) is 4.85. The minimum Gasteiger partial charge on any atom is -0.480 e. The Balaban J connectivity index is 2.69. The van der Waals surface area contributed by atoms with Crippen LogP contribution in [0.25, 0.3) is 0 Å². The van der Waals surface area contributed by atoms with Crippen molar-refractivity contribution in [2.45, 2.75) is 39.2 Å². The number of aryl methyl sites for hydroxylation is 1. The van der Waals surface area contributed by atoms with Gasteiger partial charge >= 0.3 is 5.97 Å². The number of aliphatic carboxylic acids is 1. The van der Waals surface area contributed by atoms with E-state index in [1.165, 1.54) is 0 Å². The zero-order chi connectivity index (χ0) is 14.4. The largest absolute Gasteiger partial charge is 0.480 e. The van der Waals surface area contributed by atoms with Crippen molar-refractivity contribution < 1.29 is 14.7 Å². The van der Waals surface area contributed by atoms with Crippen LogP contribution in [-0.2, 0) is 16.0 Å². The number of hydrogen-bond acceptors (Lipinski definition) is 2. The summed E-state index contributed by atoms with van der Waals surface area (Å²) in [6, 6.07) is 4.62. The second-order valence-electron chi connectivity index (χ2n) is 4.47. The van der Waals surface area contributed by atoms with Crippen molar-refractivity contribution in [2.75, 3.05) is 0 Å². The Labute approximate surface area is 117 Å². The predicted molar refractivity (Wildman–Crippen MR) is 74.4 cm³/mol. The van der Waals surface area contributed by atoms with Gasteiger partial charge in [0.2, 0.25) is 5.91 Å². The van der Waals surface area contributed by atoms with E-state index in [1.54, 1.807) is 6.07 Å². The van der Waals surface area contributed by atoms with Crippen molar-refractivity contribution in [3.63, 3.8) is 0 Å². The van der Waals surface area contributed by atoms with E-state index in [0.29, 0.717) is 23.4 Å². The number of hydrogen-bond donors (Lipinski definition) is 2. The molecule has 0 radical (unpaired) electrons. The number of nitrogens with one attached hydrogen (secondary N) is 1. The van der Waals surface area contributed by atoms with Gasteiger partial charge in [-0.05, 0) is 24.5 Å². The summed E-state index contributed by atoms with van der Waals surface area (Å²) < 4.78 is 0. The molecular weight excluding hydrogens is 266 g/mol. The third kappa shape index (κ3) is 4.56.